The zero-order valence-electron chi connectivity index (χ0n) is 14.7. The summed E-state index contributed by atoms with van der Waals surface area (Å²) in [7, 11) is -3.48. The van der Waals surface area contributed by atoms with Crippen molar-refractivity contribution in [3.8, 4) is 0 Å². The summed E-state index contributed by atoms with van der Waals surface area (Å²) in [6.45, 7) is 1.14. The molecule has 1 aromatic carbocycles. The molecule has 5 nitrogen and oxygen atoms in total. The van der Waals surface area contributed by atoms with E-state index in [2.05, 4.69) is 11.4 Å². The van der Waals surface area contributed by atoms with Gasteiger partial charge in [-0.15, -0.1) is 11.3 Å². The van der Waals surface area contributed by atoms with Gasteiger partial charge in [-0.1, -0.05) is 18.6 Å². The third-order valence-corrected chi connectivity index (χ3v) is 7.31. The first-order valence-corrected chi connectivity index (χ1v) is 11.3. The predicted octanol–water partition coefficient (Wildman–Crippen LogP) is 3.88. The SMILES string of the molecule is O=C(CCCc1cccs1)Nc1cccc(S(=O)(=O)N2CCCCC2)c1. The van der Waals surface area contributed by atoms with E-state index in [4.69, 9.17) is 0 Å². The van der Waals surface area contributed by atoms with E-state index in [1.165, 1.54) is 4.88 Å². The summed E-state index contributed by atoms with van der Waals surface area (Å²) in [5.74, 6) is -0.0888. The lowest BCUT2D eigenvalue weighted by atomic mass is 10.2. The molecule has 2 heterocycles. The zero-order chi connectivity index (χ0) is 18.4. The number of amides is 1. The number of hydrogen-bond acceptors (Lipinski definition) is 4. The van der Waals surface area contributed by atoms with Crippen LogP contribution in [0.1, 0.15) is 37.0 Å². The number of anilines is 1. The fraction of sp³-hybridized carbons (Fsp3) is 0.421. The minimum atomic E-state index is -3.48. The van der Waals surface area contributed by atoms with Crippen LogP contribution in [0.5, 0.6) is 0 Å². The predicted molar refractivity (Wildman–Crippen MR) is 105 cm³/mol. The van der Waals surface area contributed by atoms with Gasteiger partial charge in [0.05, 0.1) is 4.90 Å². The van der Waals surface area contributed by atoms with Gasteiger partial charge in [0, 0.05) is 30.1 Å². The van der Waals surface area contributed by atoms with Crippen LogP contribution in [-0.4, -0.2) is 31.7 Å². The van der Waals surface area contributed by atoms with Crippen molar-refractivity contribution in [1.82, 2.24) is 4.31 Å². The van der Waals surface area contributed by atoms with Gasteiger partial charge in [0.25, 0.3) is 0 Å². The smallest absolute Gasteiger partial charge is 0.243 e. The molecule has 0 saturated carbocycles. The monoisotopic (exact) mass is 392 g/mol. The number of piperidine rings is 1. The third kappa shape index (κ3) is 4.93. The lowest BCUT2D eigenvalue weighted by molar-refractivity contribution is -0.116. The number of nitrogens with zero attached hydrogens (tertiary/aromatic N) is 1. The van der Waals surface area contributed by atoms with Crippen LogP contribution in [0.25, 0.3) is 0 Å². The molecule has 1 aliphatic rings. The summed E-state index contributed by atoms with van der Waals surface area (Å²) in [5, 5.41) is 4.85. The number of nitrogens with one attached hydrogen (secondary N) is 1. The average molecular weight is 393 g/mol. The quantitative estimate of drug-likeness (QED) is 0.777. The second-order valence-corrected chi connectivity index (χ2v) is 9.44. The Balaban J connectivity index is 1.58. The van der Waals surface area contributed by atoms with Crippen LogP contribution >= 0.6 is 11.3 Å². The minimum Gasteiger partial charge on any atom is -0.326 e. The molecule has 1 aromatic heterocycles. The second kappa shape index (κ2) is 8.79. The molecular formula is C19H24N2O3S2. The molecule has 1 fully saturated rings. The van der Waals surface area contributed by atoms with Crippen molar-refractivity contribution < 1.29 is 13.2 Å². The van der Waals surface area contributed by atoms with Crippen LogP contribution in [0.15, 0.2) is 46.7 Å². The Labute approximate surface area is 159 Å². The maximum atomic E-state index is 12.7. The van der Waals surface area contributed by atoms with Gasteiger partial charge < -0.3 is 5.32 Å². The van der Waals surface area contributed by atoms with Gasteiger partial charge in [-0.05, 0) is 55.3 Å². The van der Waals surface area contributed by atoms with Gasteiger partial charge >= 0.3 is 0 Å². The number of benzene rings is 1. The molecule has 1 N–H and O–H groups in total. The molecule has 0 radical (unpaired) electrons. The fourth-order valence-corrected chi connectivity index (χ4v) is 5.40. The largest absolute Gasteiger partial charge is 0.326 e. The van der Waals surface area contributed by atoms with Crippen LogP contribution in [0, 0.1) is 0 Å². The molecule has 0 bridgehead atoms. The Morgan fingerprint density at radius 3 is 2.65 bits per heavy atom. The Morgan fingerprint density at radius 1 is 1.12 bits per heavy atom. The molecule has 1 amide bonds. The molecule has 0 atom stereocenters. The molecule has 0 aliphatic carbocycles. The highest BCUT2D eigenvalue weighted by Gasteiger charge is 2.26. The normalized spacial score (nSPS) is 15.7. The third-order valence-electron chi connectivity index (χ3n) is 4.48. The molecule has 7 heteroatoms. The van der Waals surface area contributed by atoms with E-state index in [1.54, 1.807) is 39.9 Å². The van der Waals surface area contributed by atoms with Crippen molar-refractivity contribution >= 4 is 33.0 Å². The van der Waals surface area contributed by atoms with Crippen molar-refractivity contribution in [1.29, 1.82) is 0 Å². The summed E-state index contributed by atoms with van der Waals surface area (Å²) in [4.78, 5) is 13.7. The van der Waals surface area contributed by atoms with E-state index in [0.717, 1.165) is 32.1 Å². The first kappa shape index (κ1) is 19.1. The maximum absolute atomic E-state index is 12.7. The van der Waals surface area contributed by atoms with Crippen molar-refractivity contribution in [2.75, 3.05) is 18.4 Å². The second-order valence-electron chi connectivity index (χ2n) is 6.47. The van der Waals surface area contributed by atoms with E-state index in [9.17, 15) is 13.2 Å². The highest BCUT2D eigenvalue weighted by atomic mass is 32.2. The maximum Gasteiger partial charge on any atom is 0.243 e. The van der Waals surface area contributed by atoms with Gasteiger partial charge in [0.1, 0.15) is 0 Å². The Kier molecular flexibility index (Phi) is 6.45. The lowest BCUT2D eigenvalue weighted by Gasteiger charge is -2.26. The van der Waals surface area contributed by atoms with Gasteiger partial charge in [-0.2, -0.15) is 4.31 Å². The number of sulfonamides is 1. The zero-order valence-corrected chi connectivity index (χ0v) is 16.3. The van der Waals surface area contributed by atoms with Crippen molar-refractivity contribution in [2.24, 2.45) is 0 Å². The molecule has 1 aliphatic heterocycles. The average Bonchev–Trinajstić information content (AvgIpc) is 3.16. The first-order valence-electron chi connectivity index (χ1n) is 8.98. The van der Waals surface area contributed by atoms with Crippen molar-refractivity contribution in [3.05, 3.63) is 46.7 Å². The molecule has 0 spiro atoms. The van der Waals surface area contributed by atoms with Gasteiger partial charge in [-0.25, -0.2) is 8.42 Å². The topological polar surface area (TPSA) is 66.5 Å². The highest BCUT2D eigenvalue weighted by molar-refractivity contribution is 7.89. The Hall–Kier alpha value is -1.70. The Morgan fingerprint density at radius 2 is 1.92 bits per heavy atom. The van der Waals surface area contributed by atoms with Crippen molar-refractivity contribution in [2.45, 2.75) is 43.4 Å². The number of carbonyl (C=O) groups excluding carboxylic acids is 1. The van der Waals surface area contributed by atoms with E-state index in [0.29, 0.717) is 25.2 Å². The van der Waals surface area contributed by atoms with Crippen molar-refractivity contribution in [3.63, 3.8) is 0 Å². The summed E-state index contributed by atoms with van der Waals surface area (Å²) in [5.41, 5.74) is 0.532. The van der Waals surface area contributed by atoms with Crippen LogP contribution in [-0.2, 0) is 21.2 Å². The van der Waals surface area contributed by atoms with Crippen LogP contribution in [0.3, 0.4) is 0 Å². The number of aryl methyl sites for hydroxylation is 1. The van der Waals surface area contributed by atoms with Gasteiger partial charge in [-0.3, -0.25) is 4.79 Å². The molecule has 140 valence electrons. The van der Waals surface area contributed by atoms with Gasteiger partial charge in [0.15, 0.2) is 0 Å². The summed E-state index contributed by atoms with van der Waals surface area (Å²) in [6, 6.07) is 10.6. The first-order chi connectivity index (χ1) is 12.6. The summed E-state index contributed by atoms with van der Waals surface area (Å²) in [6.07, 6.45) is 4.96. The summed E-state index contributed by atoms with van der Waals surface area (Å²) < 4.78 is 27.0. The van der Waals surface area contributed by atoms with E-state index < -0.39 is 10.0 Å². The number of thiophene rings is 1. The molecule has 26 heavy (non-hydrogen) atoms. The Bertz CT molecular complexity index is 826. The molecule has 0 unspecified atom stereocenters. The van der Waals surface area contributed by atoms with Gasteiger partial charge in [0.2, 0.25) is 15.9 Å². The van der Waals surface area contributed by atoms with Crippen LogP contribution in [0.2, 0.25) is 0 Å². The van der Waals surface area contributed by atoms with Crippen LogP contribution in [0.4, 0.5) is 5.69 Å². The molecule has 3 rings (SSSR count). The summed E-state index contributed by atoms with van der Waals surface area (Å²) >= 11 is 1.69. The minimum absolute atomic E-state index is 0.0888. The number of hydrogen-bond donors (Lipinski definition) is 1. The molecular weight excluding hydrogens is 368 g/mol. The highest BCUT2D eigenvalue weighted by Crippen LogP contribution is 2.23. The van der Waals surface area contributed by atoms with E-state index >= 15 is 0 Å². The lowest BCUT2D eigenvalue weighted by Crippen LogP contribution is -2.35. The fourth-order valence-electron chi connectivity index (χ4n) is 3.09. The molecule has 2 aromatic rings. The van der Waals surface area contributed by atoms with Crippen LogP contribution < -0.4 is 5.32 Å². The number of rotatable bonds is 7. The van der Waals surface area contributed by atoms with E-state index in [-0.39, 0.29) is 10.8 Å². The molecule has 1 saturated heterocycles. The standard InChI is InChI=1S/C19H24N2O3S2/c22-19(11-5-8-17-9-6-14-25-17)20-16-7-4-10-18(15-16)26(23,24)21-12-2-1-3-13-21/h4,6-7,9-10,14-15H,1-3,5,8,11-13H2,(H,20,22). The number of carbonyl (C=O) groups is 1. The van der Waals surface area contributed by atoms with E-state index in [1.807, 2.05) is 11.4 Å².